The predicted molar refractivity (Wildman–Crippen MR) is 125 cm³/mol. The van der Waals surface area contributed by atoms with Crippen molar-refractivity contribution in [2.45, 2.75) is 76.9 Å². The van der Waals surface area contributed by atoms with Gasteiger partial charge in [0.25, 0.3) is 0 Å². The van der Waals surface area contributed by atoms with Crippen LogP contribution in [0.3, 0.4) is 0 Å². The summed E-state index contributed by atoms with van der Waals surface area (Å²) in [5.41, 5.74) is 5.31. The van der Waals surface area contributed by atoms with Crippen LogP contribution >= 0.6 is 11.6 Å². The van der Waals surface area contributed by atoms with Crippen LogP contribution in [0.15, 0.2) is 36.4 Å². The number of carbonyl (C=O) groups excluding carboxylic acids is 1. The fraction of sp³-hybridized carbons (Fsp3) is 0.500. The van der Waals surface area contributed by atoms with E-state index in [4.69, 9.17) is 21.1 Å². The maximum absolute atomic E-state index is 13.1. The Balaban J connectivity index is 1.75. The van der Waals surface area contributed by atoms with Gasteiger partial charge in [-0.05, 0) is 75.6 Å². The summed E-state index contributed by atoms with van der Waals surface area (Å²) < 4.78 is 12.1. The Labute approximate surface area is 190 Å². The third kappa shape index (κ3) is 4.69. The molecule has 1 aliphatic heterocycles. The summed E-state index contributed by atoms with van der Waals surface area (Å²) >= 11 is 6.63. The summed E-state index contributed by atoms with van der Waals surface area (Å²) in [6.45, 7) is 8.75. The minimum absolute atomic E-state index is 0.0756. The van der Waals surface area contributed by atoms with E-state index in [1.165, 1.54) is 16.7 Å². The first-order chi connectivity index (χ1) is 14.7. The van der Waals surface area contributed by atoms with Gasteiger partial charge in [-0.3, -0.25) is 4.90 Å². The van der Waals surface area contributed by atoms with Crippen molar-refractivity contribution in [2.75, 3.05) is 11.4 Å². The SMILES string of the molecule is C[C@@H](Cl)[C@@H]1CN(C(=O)OC(C)(C)C)c2cc(OCc3ccccc3)c3c(c21)CCCC3. The number of carbonyl (C=O) groups is 1. The van der Waals surface area contributed by atoms with E-state index in [0.29, 0.717) is 13.2 Å². The number of fused-ring (bicyclic) bond motifs is 3. The van der Waals surface area contributed by atoms with Gasteiger partial charge in [0.05, 0.1) is 5.69 Å². The number of ether oxygens (including phenoxy) is 2. The van der Waals surface area contributed by atoms with Gasteiger partial charge in [-0.2, -0.15) is 0 Å². The Morgan fingerprint density at radius 3 is 2.48 bits per heavy atom. The van der Waals surface area contributed by atoms with Crippen molar-refractivity contribution in [3.8, 4) is 5.75 Å². The first kappa shape index (κ1) is 22.0. The highest BCUT2D eigenvalue weighted by molar-refractivity contribution is 6.21. The second-order valence-electron chi connectivity index (χ2n) is 9.62. The van der Waals surface area contributed by atoms with Gasteiger partial charge in [-0.1, -0.05) is 30.3 Å². The molecule has 166 valence electrons. The number of rotatable bonds is 4. The van der Waals surface area contributed by atoms with Crippen molar-refractivity contribution in [3.63, 3.8) is 0 Å². The van der Waals surface area contributed by atoms with Crippen LogP contribution in [-0.4, -0.2) is 23.6 Å². The first-order valence-corrected chi connectivity index (χ1v) is 11.7. The van der Waals surface area contributed by atoms with Gasteiger partial charge in [-0.15, -0.1) is 11.6 Å². The molecule has 2 atom stereocenters. The van der Waals surface area contributed by atoms with Crippen LogP contribution in [0.4, 0.5) is 10.5 Å². The highest BCUT2D eigenvalue weighted by Gasteiger charge is 2.40. The highest BCUT2D eigenvalue weighted by Crippen LogP contribution is 2.48. The molecule has 1 heterocycles. The molecule has 0 unspecified atom stereocenters. The average Bonchev–Trinajstić information content (AvgIpc) is 3.12. The standard InChI is InChI=1S/C26H32ClNO3/c1-17(27)21-15-28(25(29)31-26(2,3)4)22-14-23(30-16-18-10-6-5-7-11-18)19-12-8-9-13-20(19)24(21)22/h5-7,10-11,14,17,21H,8-9,12-13,15-16H2,1-4H3/t17-,21+/m1/s1. The van der Waals surface area contributed by atoms with E-state index < -0.39 is 5.60 Å². The van der Waals surface area contributed by atoms with Crippen molar-refractivity contribution in [1.82, 2.24) is 0 Å². The molecule has 4 nitrogen and oxygen atoms in total. The monoisotopic (exact) mass is 441 g/mol. The molecule has 1 aliphatic carbocycles. The number of anilines is 1. The summed E-state index contributed by atoms with van der Waals surface area (Å²) in [6, 6.07) is 12.2. The molecule has 0 bridgehead atoms. The third-order valence-corrected chi connectivity index (χ3v) is 6.38. The molecule has 0 fully saturated rings. The summed E-state index contributed by atoms with van der Waals surface area (Å²) in [7, 11) is 0. The van der Waals surface area contributed by atoms with Crippen LogP contribution in [0.5, 0.6) is 5.75 Å². The predicted octanol–water partition coefficient (Wildman–Crippen LogP) is 6.61. The molecule has 2 aromatic carbocycles. The van der Waals surface area contributed by atoms with Gasteiger partial charge >= 0.3 is 6.09 Å². The number of alkyl halides is 1. The number of hydrogen-bond acceptors (Lipinski definition) is 3. The lowest BCUT2D eigenvalue weighted by atomic mass is 9.82. The summed E-state index contributed by atoms with van der Waals surface area (Å²) in [4.78, 5) is 14.8. The van der Waals surface area contributed by atoms with E-state index in [0.717, 1.165) is 42.7 Å². The molecule has 0 aromatic heterocycles. The molecule has 2 aromatic rings. The van der Waals surface area contributed by atoms with E-state index in [1.54, 1.807) is 4.90 Å². The summed E-state index contributed by atoms with van der Waals surface area (Å²) in [6.07, 6.45) is 3.99. The van der Waals surface area contributed by atoms with Gasteiger partial charge < -0.3 is 9.47 Å². The van der Waals surface area contributed by atoms with E-state index in [1.807, 2.05) is 52.0 Å². The van der Waals surface area contributed by atoms with Gasteiger partial charge in [0, 0.05) is 23.9 Å². The lowest BCUT2D eigenvalue weighted by Gasteiger charge is -2.27. The maximum atomic E-state index is 13.1. The second kappa shape index (κ2) is 8.74. The zero-order chi connectivity index (χ0) is 22.2. The maximum Gasteiger partial charge on any atom is 0.414 e. The number of halogens is 1. The van der Waals surface area contributed by atoms with Crippen molar-refractivity contribution in [3.05, 3.63) is 58.7 Å². The van der Waals surface area contributed by atoms with Gasteiger partial charge in [0.1, 0.15) is 18.0 Å². The lowest BCUT2D eigenvalue weighted by Crippen LogP contribution is -2.36. The van der Waals surface area contributed by atoms with Gasteiger partial charge in [-0.25, -0.2) is 4.79 Å². The molecule has 4 rings (SSSR count). The number of hydrogen-bond donors (Lipinski definition) is 0. The fourth-order valence-electron chi connectivity index (χ4n) is 4.67. The van der Waals surface area contributed by atoms with Crippen molar-refractivity contribution >= 4 is 23.4 Å². The average molecular weight is 442 g/mol. The molecule has 1 amide bonds. The zero-order valence-electron chi connectivity index (χ0n) is 18.9. The van der Waals surface area contributed by atoms with Crippen molar-refractivity contribution in [1.29, 1.82) is 0 Å². The molecule has 0 spiro atoms. The largest absolute Gasteiger partial charge is 0.489 e. The van der Waals surface area contributed by atoms with Crippen molar-refractivity contribution < 1.29 is 14.3 Å². The van der Waals surface area contributed by atoms with Crippen molar-refractivity contribution in [2.24, 2.45) is 0 Å². The smallest absolute Gasteiger partial charge is 0.414 e. The van der Waals surface area contributed by atoms with Gasteiger partial charge in [0.2, 0.25) is 0 Å². The normalized spacial score (nSPS) is 18.9. The molecule has 0 radical (unpaired) electrons. The van der Waals surface area contributed by atoms with E-state index in [9.17, 15) is 4.79 Å². The van der Waals surface area contributed by atoms with Crippen LogP contribution in [0.2, 0.25) is 0 Å². The molecule has 0 saturated heterocycles. The Bertz CT molecular complexity index is 949. The second-order valence-corrected chi connectivity index (χ2v) is 10.3. The molecule has 0 N–H and O–H groups in total. The number of amides is 1. The van der Waals surface area contributed by atoms with Crippen LogP contribution in [0.1, 0.15) is 68.7 Å². The molecule has 31 heavy (non-hydrogen) atoms. The molecule has 5 heteroatoms. The van der Waals surface area contributed by atoms with E-state index >= 15 is 0 Å². The first-order valence-electron chi connectivity index (χ1n) is 11.2. The van der Waals surface area contributed by atoms with Crippen LogP contribution in [0, 0.1) is 0 Å². The summed E-state index contributed by atoms with van der Waals surface area (Å²) in [5.74, 6) is 0.980. The molecular formula is C26H32ClNO3. The Morgan fingerprint density at radius 2 is 1.84 bits per heavy atom. The minimum Gasteiger partial charge on any atom is -0.489 e. The quantitative estimate of drug-likeness (QED) is 0.501. The highest BCUT2D eigenvalue weighted by atomic mass is 35.5. The minimum atomic E-state index is -0.553. The van der Waals surface area contributed by atoms with E-state index in [-0.39, 0.29) is 17.4 Å². The zero-order valence-corrected chi connectivity index (χ0v) is 19.7. The van der Waals surface area contributed by atoms with Crippen LogP contribution < -0.4 is 9.64 Å². The Kier molecular flexibility index (Phi) is 6.20. The van der Waals surface area contributed by atoms with Crippen LogP contribution in [-0.2, 0) is 24.2 Å². The number of benzene rings is 2. The molecule has 2 aliphatic rings. The molecular weight excluding hydrogens is 410 g/mol. The van der Waals surface area contributed by atoms with Crippen LogP contribution in [0.25, 0.3) is 0 Å². The third-order valence-electron chi connectivity index (χ3n) is 6.08. The topological polar surface area (TPSA) is 38.8 Å². The fourth-order valence-corrected chi connectivity index (χ4v) is 4.88. The summed E-state index contributed by atoms with van der Waals surface area (Å²) in [5, 5.41) is -0.0756. The Morgan fingerprint density at radius 1 is 1.16 bits per heavy atom. The van der Waals surface area contributed by atoms with Gasteiger partial charge in [0.15, 0.2) is 0 Å². The Hall–Kier alpha value is -2.20. The molecule has 0 saturated carbocycles. The van der Waals surface area contributed by atoms with E-state index in [2.05, 4.69) is 12.1 Å². The number of nitrogens with zero attached hydrogens (tertiary/aromatic N) is 1. The lowest BCUT2D eigenvalue weighted by molar-refractivity contribution is 0.0582.